The van der Waals surface area contributed by atoms with Gasteiger partial charge in [-0.25, -0.2) is 4.98 Å². The van der Waals surface area contributed by atoms with Crippen molar-refractivity contribution in [2.75, 3.05) is 18.5 Å². The van der Waals surface area contributed by atoms with Crippen molar-refractivity contribution in [3.8, 4) is 0 Å². The minimum atomic E-state index is 0.0905. The van der Waals surface area contributed by atoms with Crippen molar-refractivity contribution in [2.45, 2.75) is 44.6 Å². The van der Waals surface area contributed by atoms with Gasteiger partial charge in [0.15, 0.2) is 0 Å². The lowest BCUT2D eigenvalue weighted by Gasteiger charge is -2.31. The van der Waals surface area contributed by atoms with E-state index in [0.717, 1.165) is 31.6 Å². The Morgan fingerprint density at radius 3 is 2.68 bits per heavy atom. The maximum atomic E-state index is 12.7. The van der Waals surface area contributed by atoms with E-state index >= 15 is 0 Å². The van der Waals surface area contributed by atoms with Gasteiger partial charge >= 0.3 is 0 Å². The van der Waals surface area contributed by atoms with Gasteiger partial charge in [0.1, 0.15) is 5.82 Å². The van der Waals surface area contributed by atoms with Gasteiger partial charge < -0.3 is 9.80 Å². The number of anilines is 2. The van der Waals surface area contributed by atoms with E-state index < -0.39 is 0 Å². The van der Waals surface area contributed by atoms with Crippen molar-refractivity contribution in [3.05, 3.63) is 53.7 Å². The second kappa shape index (κ2) is 6.87. The van der Waals surface area contributed by atoms with Crippen LogP contribution in [0.5, 0.6) is 0 Å². The molecule has 1 fully saturated rings. The van der Waals surface area contributed by atoms with Crippen LogP contribution in [0, 0.1) is 0 Å². The summed E-state index contributed by atoms with van der Waals surface area (Å²) >= 11 is 0. The number of hydrogen-bond donors (Lipinski definition) is 0. The van der Waals surface area contributed by atoms with Crippen molar-refractivity contribution in [2.24, 2.45) is 0 Å². The number of benzene rings is 1. The first-order valence-electron chi connectivity index (χ1n) is 9.33. The molecule has 4 heteroatoms. The topological polar surface area (TPSA) is 36.4 Å². The van der Waals surface area contributed by atoms with Crippen LogP contribution in [0.3, 0.4) is 0 Å². The van der Waals surface area contributed by atoms with Crippen LogP contribution in [0.2, 0.25) is 0 Å². The minimum absolute atomic E-state index is 0.0905. The Morgan fingerprint density at radius 2 is 1.92 bits per heavy atom. The molecule has 0 saturated heterocycles. The molecule has 130 valence electrons. The number of para-hydroxylation sites is 1. The van der Waals surface area contributed by atoms with Gasteiger partial charge in [0.2, 0.25) is 0 Å². The van der Waals surface area contributed by atoms with Gasteiger partial charge in [-0.05, 0) is 43.0 Å². The quantitative estimate of drug-likeness (QED) is 0.844. The predicted molar refractivity (Wildman–Crippen MR) is 100 cm³/mol. The summed E-state index contributed by atoms with van der Waals surface area (Å²) in [6.07, 6.45) is 8.78. The number of carbonyl (C=O) groups excluding carboxylic acids is 1. The van der Waals surface area contributed by atoms with E-state index in [4.69, 9.17) is 0 Å². The summed E-state index contributed by atoms with van der Waals surface area (Å²) in [5, 5.41) is 0. The van der Waals surface area contributed by atoms with Gasteiger partial charge in [-0.1, -0.05) is 37.5 Å². The molecule has 1 amide bonds. The molecule has 2 heterocycles. The van der Waals surface area contributed by atoms with Crippen molar-refractivity contribution < 1.29 is 4.79 Å². The van der Waals surface area contributed by atoms with Crippen LogP contribution >= 0.6 is 0 Å². The van der Waals surface area contributed by atoms with Crippen LogP contribution in [0.1, 0.15) is 48.0 Å². The molecule has 0 bridgehead atoms. The lowest BCUT2D eigenvalue weighted by atomic mass is 9.94. The first-order valence-corrected chi connectivity index (χ1v) is 9.33. The molecular weight excluding hydrogens is 310 g/mol. The van der Waals surface area contributed by atoms with Gasteiger partial charge in [-0.3, -0.25) is 4.79 Å². The smallest absolute Gasteiger partial charge is 0.255 e. The highest BCUT2D eigenvalue weighted by Crippen LogP contribution is 2.33. The van der Waals surface area contributed by atoms with Crippen LogP contribution in [0.4, 0.5) is 11.5 Å². The molecule has 0 N–H and O–H groups in total. The number of aromatic nitrogens is 1. The van der Waals surface area contributed by atoms with Crippen molar-refractivity contribution >= 4 is 17.4 Å². The molecule has 0 radical (unpaired) electrons. The molecule has 2 aliphatic rings. The van der Waals surface area contributed by atoms with E-state index in [2.05, 4.69) is 34.1 Å². The molecular formula is C21H25N3O. The monoisotopic (exact) mass is 335 g/mol. The summed E-state index contributed by atoms with van der Waals surface area (Å²) in [5.41, 5.74) is 3.28. The van der Waals surface area contributed by atoms with Crippen molar-refractivity contribution in [3.63, 3.8) is 0 Å². The zero-order valence-electron chi connectivity index (χ0n) is 14.8. The van der Waals surface area contributed by atoms with E-state index in [1.807, 2.05) is 24.1 Å². The molecule has 1 aliphatic heterocycles. The predicted octanol–water partition coefficient (Wildman–Crippen LogP) is 4.18. The van der Waals surface area contributed by atoms with Gasteiger partial charge in [-0.15, -0.1) is 0 Å². The Labute approximate surface area is 149 Å². The third-order valence-electron chi connectivity index (χ3n) is 5.60. The summed E-state index contributed by atoms with van der Waals surface area (Å²) in [6.45, 7) is 0.946. The third-order valence-corrected chi connectivity index (χ3v) is 5.60. The normalized spacial score (nSPS) is 17.4. The van der Waals surface area contributed by atoms with Crippen LogP contribution in [-0.4, -0.2) is 35.4 Å². The van der Waals surface area contributed by atoms with Crippen molar-refractivity contribution in [1.29, 1.82) is 0 Å². The third kappa shape index (κ3) is 3.13. The number of pyridine rings is 1. The number of amides is 1. The number of fused-ring (bicyclic) bond motifs is 1. The Hall–Kier alpha value is -2.36. The summed E-state index contributed by atoms with van der Waals surface area (Å²) < 4.78 is 0. The number of rotatable bonds is 3. The Bertz CT molecular complexity index is 750. The summed E-state index contributed by atoms with van der Waals surface area (Å²) in [6, 6.07) is 12.7. The molecule has 1 saturated carbocycles. The van der Waals surface area contributed by atoms with E-state index in [9.17, 15) is 4.79 Å². The highest BCUT2D eigenvalue weighted by Gasteiger charge is 2.24. The lowest BCUT2D eigenvalue weighted by molar-refractivity contribution is 0.0696. The first kappa shape index (κ1) is 16.1. The molecule has 0 unspecified atom stereocenters. The average Bonchev–Trinajstić information content (AvgIpc) is 3.12. The fraction of sp³-hybridized carbons (Fsp3) is 0.429. The number of carbonyl (C=O) groups is 1. The second-order valence-corrected chi connectivity index (χ2v) is 7.14. The Balaban J connectivity index is 1.50. The summed E-state index contributed by atoms with van der Waals surface area (Å²) in [7, 11) is 1.93. The van der Waals surface area contributed by atoms with Gasteiger partial charge in [0.25, 0.3) is 5.91 Å². The lowest BCUT2D eigenvalue weighted by Crippen LogP contribution is -2.38. The number of hydrogen-bond acceptors (Lipinski definition) is 3. The molecule has 0 atom stereocenters. The second-order valence-electron chi connectivity index (χ2n) is 7.14. The van der Waals surface area contributed by atoms with E-state index in [1.165, 1.54) is 30.5 Å². The minimum Gasteiger partial charge on any atom is -0.339 e. The largest absolute Gasteiger partial charge is 0.339 e. The molecule has 1 aromatic carbocycles. The average molecular weight is 335 g/mol. The van der Waals surface area contributed by atoms with Crippen LogP contribution in [0.25, 0.3) is 0 Å². The number of nitrogens with zero attached hydrogens (tertiary/aromatic N) is 3. The highest BCUT2D eigenvalue weighted by atomic mass is 16.2. The molecule has 0 spiro atoms. The van der Waals surface area contributed by atoms with Crippen LogP contribution in [0.15, 0.2) is 42.6 Å². The molecule has 4 nitrogen and oxygen atoms in total. The van der Waals surface area contributed by atoms with Crippen molar-refractivity contribution in [1.82, 2.24) is 9.88 Å². The van der Waals surface area contributed by atoms with Gasteiger partial charge in [-0.2, -0.15) is 0 Å². The standard InChI is InChI=1S/C21H25N3O/c1-23(18-8-3-2-4-9-18)21(25)17-11-12-20(22-15-17)24-14-13-16-7-5-6-10-19(16)24/h5-7,10-12,15,18H,2-4,8-9,13-14H2,1H3. The fourth-order valence-electron chi connectivity index (χ4n) is 4.09. The molecule has 1 aliphatic carbocycles. The zero-order chi connectivity index (χ0) is 17.2. The van der Waals surface area contributed by atoms with E-state index in [1.54, 1.807) is 6.20 Å². The summed E-state index contributed by atoms with van der Waals surface area (Å²) in [4.78, 5) is 21.5. The van der Waals surface area contributed by atoms with Crippen LogP contribution < -0.4 is 4.90 Å². The molecule has 2 aromatic rings. The maximum Gasteiger partial charge on any atom is 0.255 e. The van der Waals surface area contributed by atoms with Crippen LogP contribution in [-0.2, 0) is 6.42 Å². The molecule has 4 rings (SSSR count). The Kier molecular flexibility index (Phi) is 4.43. The van der Waals surface area contributed by atoms with Gasteiger partial charge in [0.05, 0.1) is 5.56 Å². The molecule has 1 aromatic heterocycles. The van der Waals surface area contributed by atoms with E-state index in [0.29, 0.717) is 11.6 Å². The molecule has 25 heavy (non-hydrogen) atoms. The fourth-order valence-corrected chi connectivity index (χ4v) is 4.09. The highest BCUT2D eigenvalue weighted by molar-refractivity contribution is 5.94. The van der Waals surface area contributed by atoms with Gasteiger partial charge in [0, 0.05) is 31.5 Å². The summed E-state index contributed by atoms with van der Waals surface area (Å²) in [5.74, 6) is 1.01. The SMILES string of the molecule is CN(C(=O)c1ccc(N2CCc3ccccc32)nc1)C1CCCCC1. The maximum absolute atomic E-state index is 12.7. The Morgan fingerprint density at radius 1 is 1.12 bits per heavy atom. The van der Waals surface area contributed by atoms with E-state index in [-0.39, 0.29) is 5.91 Å². The zero-order valence-corrected chi connectivity index (χ0v) is 14.8. The first-order chi connectivity index (χ1) is 12.2.